The van der Waals surface area contributed by atoms with Crippen LogP contribution in [0, 0.1) is 0 Å². The number of hydrogen-bond acceptors (Lipinski definition) is 2. The Morgan fingerprint density at radius 1 is 0.381 bits per heavy atom. The van der Waals surface area contributed by atoms with Gasteiger partial charge < -0.3 is 9.90 Å². The summed E-state index contributed by atoms with van der Waals surface area (Å²) in [6.45, 7) is 11.5. The van der Waals surface area contributed by atoms with Gasteiger partial charge in [-0.25, -0.2) is 0 Å². The maximum Gasteiger partial charge on any atom is 0.0594 e. The van der Waals surface area contributed by atoms with Crippen molar-refractivity contribution in [2.75, 3.05) is 24.6 Å². The Morgan fingerprint density at radius 3 is 0.857 bits per heavy atom. The van der Waals surface area contributed by atoms with Gasteiger partial charge in [0.15, 0.2) is 0 Å². The van der Waals surface area contributed by atoms with Crippen LogP contribution < -0.4 is 5.11 Å². The molecule has 0 spiro atoms. The Morgan fingerprint density at radius 2 is 0.595 bits per heavy atom. The zero-order valence-electron chi connectivity index (χ0n) is 29.8. The molecule has 0 saturated carbocycles. The van der Waals surface area contributed by atoms with Gasteiger partial charge in [-0.05, 0) is 64.2 Å². The smallest absolute Gasteiger partial charge is 0.0594 e. The fourth-order valence-electron chi connectivity index (χ4n) is 6.10. The fraction of sp³-hybridized carbons (Fsp3) is 0.974. The van der Waals surface area contributed by atoms with Crippen molar-refractivity contribution >= 4 is 25.6 Å². The number of carboxylic acid groups (broad SMARTS) is 1. The molecular formula is C38H80ClO2P. The normalized spacial score (nSPS) is 11.2. The summed E-state index contributed by atoms with van der Waals surface area (Å²) in [6.07, 6.45) is 45.1. The lowest BCUT2D eigenvalue weighted by atomic mass is 10.1. The third kappa shape index (κ3) is 36.4. The van der Waals surface area contributed by atoms with Crippen LogP contribution in [0.1, 0.15) is 214 Å². The van der Waals surface area contributed by atoms with Crippen molar-refractivity contribution in [2.45, 2.75) is 214 Å². The maximum atomic E-state index is 9.76. The molecule has 42 heavy (non-hydrogen) atoms. The third-order valence-corrected chi connectivity index (χ3v) is 14.0. The molecule has 0 unspecified atom stereocenters. The van der Waals surface area contributed by atoms with Gasteiger partial charge in [0, 0.05) is 13.2 Å². The molecular weight excluding hydrogens is 555 g/mol. The van der Waals surface area contributed by atoms with Gasteiger partial charge >= 0.3 is 0 Å². The van der Waals surface area contributed by atoms with Crippen LogP contribution in [0.4, 0.5) is 0 Å². The average molecular weight is 635 g/mol. The number of rotatable bonds is 32. The number of carbonyl (C=O) groups is 1. The summed E-state index contributed by atoms with van der Waals surface area (Å²) in [7, 11) is -0.697. The first-order valence-electron chi connectivity index (χ1n) is 19.1. The first-order valence-corrected chi connectivity index (χ1v) is 21.6. The van der Waals surface area contributed by atoms with Gasteiger partial charge in [0.25, 0.3) is 0 Å². The molecule has 0 heterocycles. The lowest BCUT2D eigenvalue weighted by molar-refractivity contribution is -0.305. The SMILES string of the molecule is CCCCCC(=O)[O-].CCCCCCCCCCCCCC[P+](CCCCCC)(CCCCCC)CCCCCC.Cl. The van der Waals surface area contributed by atoms with E-state index >= 15 is 0 Å². The van der Waals surface area contributed by atoms with E-state index in [1.54, 1.807) is 50.3 Å². The van der Waals surface area contributed by atoms with Crippen molar-refractivity contribution in [1.29, 1.82) is 0 Å². The molecule has 0 radical (unpaired) electrons. The van der Waals surface area contributed by atoms with Gasteiger partial charge in [-0.2, -0.15) is 0 Å². The minimum atomic E-state index is -0.932. The fourth-order valence-corrected chi connectivity index (χ4v) is 11.0. The third-order valence-electron chi connectivity index (χ3n) is 8.93. The maximum absolute atomic E-state index is 9.76. The number of carboxylic acids is 1. The summed E-state index contributed by atoms with van der Waals surface area (Å²) in [5.74, 6) is -0.932. The highest BCUT2D eigenvalue weighted by molar-refractivity contribution is 7.75. The van der Waals surface area contributed by atoms with Gasteiger partial charge in [-0.15, -0.1) is 12.4 Å². The summed E-state index contributed by atoms with van der Waals surface area (Å²) in [4.78, 5) is 9.76. The van der Waals surface area contributed by atoms with Gasteiger partial charge in [0.2, 0.25) is 0 Å². The highest BCUT2D eigenvalue weighted by Gasteiger charge is 2.34. The van der Waals surface area contributed by atoms with E-state index in [0.717, 1.165) is 19.3 Å². The molecule has 0 bridgehead atoms. The monoisotopic (exact) mass is 635 g/mol. The largest absolute Gasteiger partial charge is 0.550 e. The zero-order chi connectivity index (χ0) is 30.7. The molecule has 0 aliphatic heterocycles. The Balaban J connectivity index is -0.00000147. The summed E-state index contributed by atoms with van der Waals surface area (Å²) in [5, 5.41) is 9.76. The van der Waals surface area contributed by atoms with E-state index in [1.807, 2.05) is 6.92 Å². The molecule has 0 amide bonds. The number of aliphatic carboxylic acids is 1. The molecule has 0 aromatic heterocycles. The molecule has 0 N–H and O–H groups in total. The quantitative estimate of drug-likeness (QED) is 0.0545. The second-order valence-electron chi connectivity index (χ2n) is 13.1. The van der Waals surface area contributed by atoms with Crippen LogP contribution in [0.15, 0.2) is 0 Å². The first kappa shape index (κ1) is 46.6. The minimum Gasteiger partial charge on any atom is -0.550 e. The van der Waals surface area contributed by atoms with E-state index < -0.39 is 13.2 Å². The standard InChI is InChI=1S/C32H68P.C6H12O2.ClH/c1-5-9-13-17-18-19-20-21-22-23-24-28-32-33(29-25-14-10-6-2,30-26-15-11-7-3)31-27-16-12-8-4;1-2-3-4-5-6(7)8;/h5-32H2,1-4H3;2-5H2,1H3,(H,7,8);1H/q+1;;/p-1. The van der Waals surface area contributed by atoms with Crippen molar-refractivity contribution < 1.29 is 9.90 Å². The van der Waals surface area contributed by atoms with Crippen LogP contribution in [0.5, 0.6) is 0 Å². The van der Waals surface area contributed by atoms with E-state index in [2.05, 4.69) is 27.7 Å². The van der Waals surface area contributed by atoms with E-state index in [1.165, 1.54) is 128 Å². The average Bonchev–Trinajstić information content (AvgIpc) is 2.96. The molecule has 0 fully saturated rings. The summed E-state index contributed by atoms with van der Waals surface area (Å²) in [6, 6.07) is 0. The van der Waals surface area contributed by atoms with Crippen molar-refractivity contribution in [3.63, 3.8) is 0 Å². The highest BCUT2D eigenvalue weighted by atomic mass is 35.5. The molecule has 0 aliphatic rings. The predicted molar refractivity (Wildman–Crippen MR) is 196 cm³/mol. The van der Waals surface area contributed by atoms with Crippen LogP contribution in [-0.4, -0.2) is 30.6 Å². The van der Waals surface area contributed by atoms with Crippen molar-refractivity contribution in [3.05, 3.63) is 0 Å². The van der Waals surface area contributed by atoms with Gasteiger partial charge in [-0.1, -0.05) is 150 Å². The molecule has 0 atom stereocenters. The summed E-state index contributed by atoms with van der Waals surface area (Å²) in [5.41, 5.74) is 0. The summed E-state index contributed by atoms with van der Waals surface area (Å²) >= 11 is 0. The summed E-state index contributed by atoms with van der Waals surface area (Å²) < 4.78 is 0. The minimum absolute atomic E-state index is 0. The molecule has 0 rings (SSSR count). The van der Waals surface area contributed by atoms with E-state index in [4.69, 9.17) is 0 Å². The van der Waals surface area contributed by atoms with Crippen LogP contribution in [0.3, 0.4) is 0 Å². The van der Waals surface area contributed by atoms with Crippen molar-refractivity contribution in [2.24, 2.45) is 0 Å². The van der Waals surface area contributed by atoms with Crippen molar-refractivity contribution in [3.8, 4) is 0 Å². The van der Waals surface area contributed by atoms with Crippen LogP contribution in [0.25, 0.3) is 0 Å². The molecule has 0 saturated heterocycles. The van der Waals surface area contributed by atoms with Gasteiger partial charge in [0.05, 0.1) is 24.6 Å². The zero-order valence-corrected chi connectivity index (χ0v) is 31.5. The molecule has 0 aromatic rings. The number of carbonyl (C=O) groups excluding carboxylic acids is 1. The Kier molecular flexibility index (Phi) is 43.5. The lowest BCUT2D eigenvalue weighted by Crippen LogP contribution is -2.21. The Labute approximate surface area is 273 Å². The Bertz CT molecular complexity index is 468. The lowest BCUT2D eigenvalue weighted by Gasteiger charge is -2.28. The van der Waals surface area contributed by atoms with Gasteiger partial charge in [-0.3, -0.25) is 0 Å². The second-order valence-corrected chi connectivity index (χ2v) is 17.6. The molecule has 2 nitrogen and oxygen atoms in total. The highest BCUT2D eigenvalue weighted by Crippen LogP contribution is 2.61. The number of halogens is 1. The van der Waals surface area contributed by atoms with Crippen LogP contribution in [-0.2, 0) is 4.79 Å². The van der Waals surface area contributed by atoms with Crippen LogP contribution >= 0.6 is 19.7 Å². The Hall–Kier alpha value is 0.190. The molecule has 0 aliphatic carbocycles. The van der Waals surface area contributed by atoms with E-state index in [-0.39, 0.29) is 18.8 Å². The predicted octanol–water partition coefficient (Wildman–Crippen LogP) is 13.2. The molecule has 0 aromatic carbocycles. The van der Waals surface area contributed by atoms with E-state index in [9.17, 15) is 9.90 Å². The molecule has 4 heteroatoms. The molecule has 256 valence electrons. The van der Waals surface area contributed by atoms with Crippen molar-refractivity contribution in [1.82, 2.24) is 0 Å². The topological polar surface area (TPSA) is 40.1 Å². The number of unbranched alkanes of at least 4 members (excludes halogenated alkanes) is 22. The van der Waals surface area contributed by atoms with Crippen LogP contribution in [0.2, 0.25) is 0 Å². The van der Waals surface area contributed by atoms with E-state index in [0.29, 0.717) is 0 Å². The first-order chi connectivity index (χ1) is 20.0. The second kappa shape index (κ2) is 39.2. The number of hydrogen-bond donors (Lipinski definition) is 0. The van der Waals surface area contributed by atoms with Gasteiger partial charge in [0.1, 0.15) is 0 Å².